The second-order valence-electron chi connectivity index (χ2n) is 13.4. The average molecular weight is 564 g/mol. The Morgan fingerprint density at radius 2 is 0.650 bits per heavy atom. The van der Waals surface area contributed by atoms with E-state index in [1.807, 2.05) is 25.9 Å². The molecule has 0 aromatic rings. The molecule has 3 nitrogen and oxygen atoms in total. The van der Waals surface area contributed by atoms with Crippen LogP contribution < -0.4 is 0 Å². The van der Waals surface area contributed by atoms with Crippen molar-refractivity contribution in [2.24, 2.45) is 5.41 Å². The Morgan fingerprint density at radius 1 is 0.425 bits per heavy atom. The lowest BCUT2D eigenvalue weighted by Crippen LogP contribution is -2.44. The first kappa shape index (κ1) is 39.3. The summed E-state index contributed by atoms with van der Waals surface area (Å²) in [5.41, 5.74) is -0.836. The molecule has 0 fully saturated rings. The van der Waals surface area contributed by atoms with Gasteiger partial charge in [0.1, 0.15) is 11.6 Å². The highest BCUT2D eigenvalue weighted by Gasteiger charge is 2.39. The summed E-state index contributed by atoms with van der Waals surface area (Å²) in [5.74, 6) is 0.341. The van der Waals surface area contributed by atoms with Crippen LogP contribution in [-0.4, -0.2) is 37.1 Å². The molecule has 0 atom stereocenters. The lowest BCUT2D eigenvalue weighted by molar-refractivity contribution is -0.141. The third kappa shape index (κ3) is 22.9. The van der Waals surface area contributed by atoms with Gasteiger partial charge in [0.2, 0.25) is 0 Å². The molecule has 0 rings (SSSR count). The first-order chi connectivity index (χ1) is 19.4. The van der Waals surface area contributed by atoms with Crippen molar-refractivity contribution in [1.82, 2.24) is 4.90 Å². The molecule has 0 unspecified atom stereocenters. The molecule has 0 heterocycles. The van der Waals surface area contributed by atoms with Gasteiger partial charge in [0, 0.05) is 19.4 Å². The second kappa shape index (κ2) is 28.4. The number of rotatable bonds is 32. The molecule has 3 heteroatoms. The van der Waals surface area contributed by atoms with Crippen LogP contribution in [0.1, 0.15) is 201 Å². The van der Waals surface area contributed by atoms with Crippen LogP contribution in [0.5, 0.6) is 0 Å². The number of Topliss-reactive ketones (excluding diaryl/α,β-unsaturated/α-hetero) is 2. The van der Waals surface area contributed by atoms with Crippen LogP contribution in [0, 0.1) is 5.41 Å². The van der Waals surface area contributed by atoms with E-state index in [1.165, 1.54) is 141 Å². The van der Waals surface area contributed by atoms with Crippen LogP contribution in [-0.2, 0) is 9.59 Å². The third-order valence-corrected chi connectivity index (χ3v) is 8.88. The smallest absolute Gasteiger partial charge is 0.147 e. The van der Waals surface area contributed by atoms with Crippen LogP contribution in [0.2, 0.25) is 0 Å². The summed E-state index contributed by atoms with van der Waals surface area (Å²) in [6.45, 7) is 7.02. The van der Waals surface area contributed by atoms with E-state index in [4.69, 9.17) is 0 Å². The highest BCUT2D eigenvalue weighted by atomic mass is 16.2. The minimum atomic E-state index is -0.836. The molecule has 0 aliphatic carbocycles. The van der Waals surface area contributed by atoms with Gasteiger partial charge in [0.15, 0.2) is 0 Å². The Kier molecular flexibility index (Phi) is 27.9. The predicted molar refractivity (Wildman–Crippen MR) is 177 cm³/mol. The molecular formula is C37H73NO2. The standard InChI is InChI=1S/C37H73NO2/c1-6-8-10-12-14-16-18-20-22-24-26-28-30-32-35(39)37(3,34-38(4)5)36(40)33-31-29-27-25-23-21-19-17-15-13-11-9-7-2/h6-34H2,1-5H3. The fourth-order valence-corrected chi connectivity index (χ4v) is 6.12. The Balaban J connectivity index is 3.97. The molecule has 0 saturated heterocycles. The van der Waals surface area contributed by atoms with Crippen molar-refractivity contribution in [1.29, 1.82) is 0 Å². The van der Waals surface area contributed by atoms with Gasteiger partial charge in [-0.2, -0.15) is 0 Å². The molecule has 0 aliphatic rings. The topological polar surface area (TPSA) is 37.4 Å². The van der Waals surface area contributed by atoms with Gasteiger partial charge in [0.05, 0.1) is 5.41 Å². The predicted octanol–water partition coefficient (Wildman–Crippen LogP) is 11.7. The normalized spacial score (nSPS) is 11.9. The zero-order valence-corrected chi connectivity index (χ0v) is 28.3. The zero-order chi connectivity index (χ0) is 29.7. The van der Waals surface area contributed by atoms with Crippen molar-refractivity contribution in [2.75, 3.05) is 20.6 Å². The monoisotopic (exact) mass is 564 g/mol. The fourth-order valence-electron chi connectivity index (χ4n) is 6.12. The van der Waals surface area contributed by atoms with Crippen LogP contribution in [0.4, 0.5) is 0 Å². The van der Waals surface area contributed by atoms with Gasteiger partial charge in [0.25, 0.3) is 0 Å². The maximum atomic E-state index is 13.2. The lowest BCUT2D eigenvalue weighted by atomic mass is 9.77. The molecule has 0 amide bonds. The fraction of sp³-hybridized carbons (Fsp3) is 0.946. The van der Waals surface area contributed by atoms with Gasteiger partial charge < -0.3 is 4.90 Å². The molecule has 0 saturated carbocycles. The summed E-state index contributed by atoms with van der Waals surface area (Å²) in [6.07, 6.45) is 35.1. The van der Waals surface area contributed by atoms with Crippen LogP contribution in [0.25, 0.3) is 0 Å². The van der Waals surface area contributed by atoms with E-state index in [0.29, 0.717) is 19.4 Å². The quantitative estimate of drug-likeness (QED) is 0.0603. The number of hydrogen-bond donors (Lipinski definition) is 0. The maximum Gasteiger partial charge on any atom is 0.147 e. The molecule has 0 radical (unpaired) electrons. The number of carbonyl (C=O) groups excluding carboxylic acids is 2. The van der Waals surface area contributed by atoms with E-state index in [0.717, 1.165) is 25.7 Å². The van der Waals surface area contributed by atoms with Crippen molar-refractivity contribution in [3.8, 4) is 0 Å². The molecule has 0 aromatic heterocycles. The average Bonchev–Trinajstić information content (AvgIpc) is 2.93. The molecule has 0 bridgehead atoms. The molecule has 238 valence electrons. The molecule has 40 heavy (non-hydrogen) atoms. The molecule has 0 N–H and O–H groups in total. The van der Waals surface area contributed by atoms with Crippen LogP contribution >= 0.6 is 0 Å². The van der Waals surface area contributed by atoms with Crippen molar-refractivity contribution in [3.05, 3.63) is 0 Å². The largest absolute Gasteiger partial charge is 0.308 e. The Hall–Kier alpha value is -0.700. The number of carbonyl (C=O) groups is 2. The summed E-state index contributed by atoms with van der Waals surface area (Å²) >= 11 is 0. The van der Waals surface area contributed by atoms with Gasteiger partial charge in [-0.3, -0.25) is 9.59 Å². The van der Waals surface area contributed by atoms with E-state index < -0.39 is 5.41 Å². The summed E-state index contributed by atoms with van der Waals surface area (Å²) in [7, 11) is 3.96. The van der Waals surface area contributed by atoms with Gasteiger partial charge in [-0.25, -0.2) is 0 Å². The minimum absolute atomic E-state index is 0.170. The third-order valence-electron chi connectivity index (χ3n) is 8.88. The molecule has 0 aromatic carbocycles. The highest BCUT2D eigenvalue weighted by Crippen LogP contribution is 2.27. The summed E-state index contributed by atoms with van der Waals surface area (Å²) in [6, 6.07) is 0. The number of ketones is 2. The van der Waals surface area contributed by atoms with Crippen molar-refractivity contribution < 1.29 is 9.59 Å². The first-order valence-electron chi connectivity index (χ1n) is 18.1. The van der Waals surface area contributed by atoms with Gasteiger partial charge in [-0.1, -0.05) is 168 Å². The summed E-state index contributed by atoms with van der Waals surface area (Å²) in [4.78, 5) is 28.5. The van der Waals surface area contributed by atoms with E-state index in [9.17, 15) is 9.59 Å². The lowest BCUT2D eigenvalue weighted by Gasteiger charge is -2.30. The van der Waals surface area contributed by atoms with Gasteiger partial charge >= 0.3 is 0 Å². The van der Waals surface area contributed by atoms with E-state index >= 15 is 0 Å². The number of hydrogen-bond acceptors (Lipinski definition) is 3. The first-order valence-corrected chi connectivity index (χ1v) is 18.1. The van der Waals surface area contributed by atoms with Crippen LogP contribution in [0.15, 0.2) is 0 Å². The van der Waals surface area contributed by atoms with E-state index in [1.54, 1.807) is 0 Å². The Labute approximate surface area is 252 Å². The zero-order valence-electron chi connectivity index (χ0n) is 28.3. The summed E-state index contributed by atoms with van der Waals surface area (Å²) < 4.78 is 0. The maximum absolute atomic E-state index is 13.2. The molecular weight excluding hydrogens is 490 g/mol. The number of unbranched alkanes of at least 4 members (excludes halogenated alkanes) is 24. The summed E-state index contributed by atoms with van der Waals surface area (Å²) in [5, 5.41) is 0. The van der Waals surface area contributed by atoms with Crippen molar-refractivity contribution >= 4 is 11.6 Å². The van der Waals surface area contributed by atoms with Crippen molar-refractivity contribution in [2.45, 2.75) is 201 Å². The SMILES string of the molecule is CCCCCCCCCCCCCCCC(=O)C(C)(CN(C)C)C(=O)CCCCCCCCCCCCCCC. The highest BCUT2D eigenvalue weighted by molar-refractivity contribution is 6.06. The van der Waals surface area contributed by atoms with Gasteiger partial charge in [-0.05, 0) is 33.9 Å². The van der Waals surface area contributed by atoms with E-state index in [2.05, 4.69) is 13.8 Å². The molecule has 0 aliphatic heterocycles. The van der Waals surface area contributed by atoms with Gasteiger partial charge in [-0.15, -0.1) is 0 Å². The number of nitrogens with zero attached hydrogens (tertiary/aromatic N) is 1. The van der Waals surface area contributed by atoms with Crippen LogP contribution in [0.3, 0.4) is 0 Å². The molecule has 0 spiro atoms. The van der Waals surface area contributed by atoms with E-state index in [-0.39, 0.29) is 11.6 Å². The Bertz CT molecular complexity index is 529. The Morgan fingerprint density at radius 3 is 0.875 bits per heavy atom. The minimum Gasteiger partial charge on any atom is -0.308 e. The van der Waals surface area contributed by atoms with Crippen molar-refractivity contribution in [3.63, 3.8) is 0 Å². The second-order valence-corrected chi connectivity index (χ2v) is 13.4.